The van der Waals surface area contributed by atoms with E-state index in [-0.39, 0.29) is 25.6 Å². The van der Waals surface area contributed by atoms with Crippen molar-refractivity contribution in [3.05, 3.63) is 0 Å². The van der Waals surface area contributed by atoms with E-state index in [1.807, 2.05) is 0 Å². The molecule has 0 aromatic heterocycles. The molecule has 0 rings (SSSR count). The summed E-state index contributed by atoms with van der Waals surface area (Å²) in [5.41, 5.74) is 0. The van der Waals surface area contributed by atoms with Gasteiger partial charge in [0.1, 0.15) is 0 Å². The number of aliphatic hydroxyl groups is 1. The van der Waals surface area contributed by atoms with Crippen LogP contribution in [0.15, 0.2) is 0 Å². The summed E-state index contributed by atoms with van der Waals surface area (Å²) in [5, 5.41) is 8.06. The third-order valence-electron chi connectivity index (χ3n) is 0. The molecule has 1 radical (unpaired) electrons. The van der Waals surface area contributed by atoms with Gasteiger partial charge in [0.25, 0.3) is 0 Å². The van der Waals surface area contributed by atoms with E-state index in [0.717, 1.165) is 0 Å². The Kier molecular flexibility index (Phi) is 8.37. The third-order valence-corrected chi connectivity index (χ3v) is 0. The summed E-state index contributed by atoms with van der Waals surface area (Å²) < 4.78 is 0. The molecule has 0 saturated heterocycles. The van der Waals surface area contributed by atoms with Crippen molar-refractivity contribution in [1.29, 1.82) is 0 Å². The van der Waals surface area contributed by atoms with Crippen LogP contribution in [0.3, 0.4) is 0 Å². The number of hydrogen-bond acceptors (Lipinski definition) is 1. The van der Waals surface area contributed by atoms with Gasteiger partial charge in [-0.3, -0.25) is 0 Å². The average Bonchev–Trinajstić information content (AvgIpc) is 0.811. The van der Waals surface area contributed by atoms with Crippen LogP contribution >= 0.6 is 0 Å². The monoisotopic (exact) mass is 163 g/mol. The van der Waals surface area contributed by atoms with Crippen molar-refractivity contribution >= 4 is 0 Å². The molecule has 0 aliphatic heterocycles. The van der Waals surface area contributed by atoms with Crippen molar-refractivity contribution < 1.29 is 24.6 Å². The second kappa shape index (κ2) is 4.58. The zero-order chi connectivity index (χ0) is 3.58. The normalized spacial score (nSPS) is 7.20. The van der Waals surface area contributed by atoms with Crippen LogP contribution in [0.1, 0.15) is 13.8 Å². The molecule has 0 fully saturated rings. The Hall–Kier alpha value is 0.583. The van der Waals surface area contributed by atoms with Gasteiger partial charge in [-0.1, -0.05) is 0 Å². The minimum Gasteiger partial charge on any atom is -0.394 e. The Morgan fingerprint density at radius 1 is 1.40 bits per heavy atom. The van der Waals surface area contributed by atoms with Crippen molar-refractivity contribution in [3.63, 3.8) is 0 Å². The molecule has 0 aliphatic carbocycles. The molecule has 0 spiro atoms. The summed E-state index contributed by atoms with van der Waals surface area (Å²) in [6.45, 7) is 3.44. The van der Waals surface area contributed by atoms with Gasteiger partial charge in [0.15, 0.2) is 0 Å². The van der Waals surface area contributed by atoms with Gasteiger partial charge in [-0.2, -0.15) is 0 Å². The first-order valence-electron chi connectivity index (χ1n) is 1.41. The van der Waals surface area contributed by atoms with Gasteiger partial charge in [0.2, 0.25) is 0 Å². The van der Waals surface area contributed by atoms with Crippen molar-refractivity contribution in [2.75, 3.05) is 0 Å². The molecule has 5 heavy (non-hydrogen) atoms. The molecule has 1 N–H and O–H groups in total. The van der Waals surface area contributed by atoms with Crippen LogP contribution < -0.4 is 0 Å². The Labute approximate surface area is 45.1 Å². The minimum atomic E-state index is -0.167. The molecular weight excluding hydrogens is 155 g/mol. The summed E-state index contributed by atoms with van der Waals surface area (Å²) in [7, 11) is 0. The van der Waals surface area contributed by atoms with Crippen LogP contribution in [-0.2, 0) is 19.5 Å². The molecule has 0 bridgehead atoms. The van der Waals surface area contributed by atoms with Gasteiger partial charge in [0, 0.05) is 25.6 Å². The summed E-state index contributed by atoms with van der Waals surface area (Å²) in [6.07, 6.45) is -0.167. The third kappa shape index (κ3) is 89.9. The molecule has 0 unspecified atom stereocenters. The molecule has 0 saturated carbocycles. The van der Waals surface area contributed by atoms with Crippen molar-refractivity contribution in [2.45, 2.75) is 20.0 Å². The molecule has 0 heterocycles. The first-order chi connectivity index (χ1) is 1.73. The second-order valence-electron chi connectivity index (χ2n) is 1.09. The van der Waals surface area contributed by atoms with Crippen LogP contribution in [0.4, 0.5) is 0 Å². The van der Waals surface area contributed by atoms with Crippen molar-refractivity contribution in [2.24, 2.45) is 0 Å². The van der Waals surface area contributed by atoms with Gasteiger partial charge in [-0.25, -0.2) is 0 Å². The van der Waals surface area contributed by atoms with Crippen LogP contribution in [-0.4, -0.2) is 11.2 Å². The zero-order valence-electron chi connectivity index (χ0n) is 3.36. The molecule has 0 atom stereocenters. The number of hydrogen-bond donors (Lipinski definition) is 1. The second-order valence-corrected chi connectivity index (χ2v) is 1.09. The SMILES string of the molecule is CC(C)O.[Rh]. The summed E-state index contributed by atoms with van der Waals surface area (Å²) >= 11 is 0. The van der Waals surface area contributed by atoms with Gasteiger partial charge in [-0.05, 0) is 13.8 Å². The van der Waals surface area contributed by atoms with E-state index in [1.54, 1.807) is 13.8 Å². The largest absolute Gasteiger partial charge is 0.394 e. The fraction of sp³-hybridized carbons (Fsp3) is 1.00. The average molecular weight is 163 g/mol. The van der Waals surface area contributed by atoms with Crippen LogP contribution in [0, 0.1) is 0 Å². The smallest absolute Gasteiger partial charge is 0.0483 e. The summed E-state index contributed by atoms with van der Waals surface area (Å²) in [4.78, 5) is 0. The molecule has 0 aromatic carbocycles. The van der Waals surface area contributed by atoms with Gasteiger partial charge in [0.05, 0.1) is 0 Å². The molecule has 35 valence electrons. The van der Waals surface area contributed by atoms with Gasteiger partial charge < -0.3 is 5.11 Å². The van der Waals surface area contributed by atoms with E-state index in [9.17, 15) is 0 Å². The van der Waals surface area contributed by atoms with Gasteiger partial charge in [-0.15, -0.1) is 0 Å². The molecule has 1 nitrogen and oxygen atoms in total. The van der Waals surface area contributed by atoms with E-state index >= 15 is 0 Å². The first-order valence-corrected chi connectivity index (χ1v) is 1.41. The molecule has 0 amide bonds. The maximum absolute atomic E-state index is 8.06. The Morgan fingerprint density at radius 3 is 1.40 bits per heavy atom. The van der Waals surface area contributed by atoms with Crippen LogP contribution in [0.25, 0.3) is 0 Å². The van der Waals surface area contributed by atoms with E-state index in [4.69, 9.17) is 5.11 Å². The quantitative estimate of drug-likeness (QED) is 0.512. The Balaban J connectivity index is 0. The van der Waals surface area contributed by atoms with Crippen molar-refractivity contribution in [3.8, 4) is 0 Å². The van der Waals surface area contributed by atoms with Crippen molar-refractivity contribution in [1.82, 2.24) is 0 Å². The first kappa shape index (κ1) is 9.13. The molecular formula is C3H8ORh. The maximum atomic E-state index is 8.06. The van der Waals surface area contributed by atoms with E-state index in [2.05, 4.69) is 0 Å². The minimum absolute atomic E-state index is 0. The topological polar surface area (TPSA) is 20.2 Å². The van der Waals surface area contributed by atoms with E-state index < -0.39 is 0 Å². The van der Waals surface area contributed by atoms with E-state index in [1.165, 1.54) is 0 Å². The summed E-state index contributed by atoms with van der Waals surface area (Å²) in [6, 6.07) is 0. The molecule has 2 heteroatoms. The standard InChI is InChI=1S/C3H8O.Rh/c1-3(2)4;/h3-4H,1-2H3;. The Bertz CT molecular complexity index is 11.6. The maximum Gasteiger partial charge on any atom is 0.0483 e. The van der Waals surface area contributed by atoms with Crippen LogP contribution in [0.2, 0.25) is 0 Å². The number of aliphatic hydroxyl groups excluding tert-OH is 1. The Morgan fingerprint density at radius 2 is 1.40 bits per heavy atom. The molecule has 0 aliphatic rings. The number of rotatable bonds is 0. The zero-order valence-corrected chi connectivity index (χ0v) is 5.00. The summed E-state index contributed by atoms with van der Waals surface area (Å²) in [5.74, 6) is 0. The predicted molar refractivity (Wildman–Crippen MR) is 17.4 cm³/mol. The van der Waals surface area contributed by atoms with Crippen LogP contribution in [0.5, 0.6) is 0 Å². The fourth-order valence-electron chi connectivity index (χ4n) is 0. The molecule has 0 aromatic rings. The van der Waals surface area contributed by atoms with Gasteiger partial charge >= 0.3 is 0 Å². The van der Waals surface area contributed by atoms with E-state index in [0.29, 0.717) is 0 Å². The fourth-order valence-corrected chi connectivity index (χ4v) is 0. The predicted octanol–water partition coefficient (Wildman–Crippen LogP) is 0.385.